The van der Waals surface area contributed by atoms with Crippen LogP contribution in [-0.4, -0.2) is 20.3 Å². The predicted molar refractivity (Wildman–Crippen MR) is 87.4 cm³/mol. The number of benzene rings is 1. The van der Waals surface area contributed by atoms with Gasteiger partial charge in [0.15, 0.2) is 11.5 Å². The summed E-state index contributed by atoms with van der Waals surface area (Å²) in [5.74, 6) is 2.89. The van der Waals surface area contributed by atoms with Gasteiger partial charge in [-0.1, -0.05) is 31.9 Å². The van der Waals surface area contributed by atoms with Crippen LogP contribution in [0.15, 0.2) is 12.1 Å². The zero-order chi connectivity index (χ0) is 15.4. The van der Waals surface area contributed by atoms with Crippen molar-refractivity contribution in [2.45, 2.75) is 45.7 Å². The monoisotopic (exact) mass is 311 g/mol. The average molecular weight is 312 g/mol. The Morgan fingerprint density at radius 1 is 1.24 bits per heavy atom. The van der Waals surface area contributed by atoms with Crippen LogP contribution in [0.5, 0.6) is 11.5 Å². The highest BCUT2D eigenvalue weighted by molar-refractivity contribution is 6.32. The van der Waals surface area contributed by atoms with Crippen LogP contribution in [0, 0.1) is 11.8 Å². The molecule has 1 aromatic rings. The molecule has 3 unspecified atom stereocenters. The van der Waals surface area contributed by atoms with Crippen molar-refractivity contribution in [2.24, 2.45) is 11.8 Å². The van der Waals surface area contributed by atoms with E-state index in [-0.39, 0.29) is 0 Å². The van der Waals surface area contributed by atoms with Gasteiger partial charge < -0.3 is 14.8 Å². The van der Waals surface area contributed by atoms with E-state index in [2.05, 4.69) is 19.2 Å². The van der Waals surface area contributed by atoms with Crippen LogP contribution in [-0.2, 0) is 6.54 Å². The number of hydrogen-bond acceptors (Lipinski definition) is 3. The van der Waals surface area contributed by atoms with E-state index in [0.29, 0.717) is 22.6 Å². The maximum atomic E-state index is 6.25. The number of rotatable bonds is 6. The van der Waals surface area contributed by atoms with E-state index in [1.165, 1.54) is 19.3 Å². The third kappa shape index (κ3) is 3.64. The molecular formula is C17H26ClNO2. The van der Waals surface area contributed by atoms with Gasteiger partial charge in [-0.05, 0) is 42.4 Å². The maximum absolute atomic E-state index is 6.25. The van der Waals surface area contributed by atoms with Gasteiger partial charge in [-0.2, -0.15) is 0 Å². The fourth-order valence-corrected chi connectivity index (χ4v) is 3.74. The molecule has 1 aromatic carbocycles. The van der Waals surface area contributed by atoms with Gasteiger partial charge in [-0.25, -0.2) is 0 Å². The molecule has 3 atom stereocenters. The molecule has 1 aliphatic carbocycles. The molecule has 1 aliphatic rings. The molecule has 1 N–H and O–H groups in total. The third-order valence-corrected chi connectivity index (χ3v) is 5.09. The molecule has 0 amide bonds. The highest BCUT2D eigenvalue weighted by atomic mass is 35.5. The van der Waals surface area contributed by atoms with Gasteiger partial charge in [0.05, 0.1) is 19.2 Å². The minimum Gasteiger partial charge on any atom is -0.493 e. The van der Waals surface area contributed by atoms with Gasteiger partial charge in [0, 0.05) is 12.6 Å². The smallest absolute Gasteiger partial charge is 0.179 e. The van der Waals surface area contributed by atoms with Crippen molar-refractivity contribution >= 4 is 11.6 Å². The zero-order valence-electron chi connectivity index (χ0n) is 13.4. The van der Waals surface area contributed by atoms with E-state index in [9.17, 15) is 0 Å². The lowest BCUT2D eigenvalue weighted by Gasteiger charge is -2.21. The minimum atomic E-state index is 0.597. The summed E-state index contributed by atoms with van der Waals surface area (Å²) in [5.41, 5.74) is 1.13. The molecular weight excluding hydrogens is 286 g/mol. The first-order valence-electron chi connectivity index (χ1n) is 7.74. The normalized spacial score (nSPS) is 25.1. The van der Waals surface area contributed by atoms with Crippen molar-refractivity contribution in [3.05, 3.63) is 22.7 Å². The van der Waals surface area contributed by atoms with Crippen LogP contribution in [0.1, 0.15) is 38.7 Å². The number of methoxy groups -OCH3 is 2. The van der Waals surface area contributed by atoms with Gasteiger partial charge in [0.1, 0.15) is 0 Å². The van der Waals surface area contributed by atoms with E-state index in [0.717, 1.165) is 23.9 Å². The molecule has 0 aromatic heterocycles. The van der Waals surface area contributed by atoms with Crippen LogP contribution >= 0.6 is 11.6 Å². The summed E-state index contributed by atoms with van der Waals surface area (Å²) in [6.45, 7) is 5.46. The Morgan fingerprint density at radius 2 is 2.00 bits per heavy atom. The molecule has 1 saturated carbocycles. The highest BCUT2D eigenvalue weighted by Crippen LogP contribution is 2.37. The quantitative estimate of drug-likeness (QED) is 0.851. The van der Waals surface area contributed by atoms with E-state index in [1.54, 1.807) is 14.2 Å². The van der Waals surface area contributed by atoms with E-state index >= 15 is 0 Å². The van der Waals surface area contributed by atoms with Crippen molar-refractivity contribution in [3.63, 3.8) is 0 Å². The van der Waals surface area contributed by atoms with Crippen molar-refractivity contribution < 1.29 is 9.47 Å². The number of ether oxygens (including phenoxy) is 2. The topological polar surface area (TPSA) is 30.5 Å². The molecule has 0 aliphatic heterocycles. The molecule has 21 heavy (non-hydrogen) atoms. The molecule has 4 heteroatoms. The first kappa shape index (κ1) is 16.4. The molecule has 0 bridgehead atoms. The first-order valence-corrected chi connectivity index (χ1v) is 8.12. The van der Waals surface area contributed by atoms with Gasteiger partial charge in [0.25, 0.3) is 0 Å². The van der Waals surface area contributed by atoms with Gasteiger partial charge in [0.2, 0.25) is 0 Å². The van der Waals surface area contributed by atoms with Crippen molar-refractivity contribution in [2.75, 3.05) is 14.2 Å². The molecule has 0 heterocycles. The summed E-state index contributed by atoms with van der Waals surface area (Å²) in [6, 6.07) is 4.54. The Hall–Kier alpha value is -0.930. The SMILES string of the molecule is CCC1CCC(NCc2cc(Cl)c(OC)c(OC)c2)C1C. The summed E-state index contributed by atoms with van der Waals surface area (Å²) < 4.78 is 10.6. The summed E-state index contributed by atoms with van der Waals surface area (Å²) in [6.07, 6.45) is 3.88. The minimum absolute atomic E-state index is 0.597. The zero-order valence-corrected chi connectivity index (χ0v) is 14.2. The van der Waals surface area contributed by atoms with Crippen LogP contribution < -0.4 is 14.8 Å². The van der Waals surface area contributed by atoms with E-state index < -0.39 is 0 Å². The third-order valence-electron chi connectivity index (χ3n) is 4.81. The fourth-order valence-electron chi connectivity index (χ4n) is 3.43. The van der Waals surface area contributed by atoms with Gasteiger partial charge in [-0.15, -0.1) is 0 Å². The number of hydrogen-bond donors (Lipinski definition) is 1. The molecule has 1 fully saturated rings. The lowest BCUT2D eigenvalue weighted by Crippen LogP contribution is -2.32. The second-order valence-corrected chi connectivity index (χ2v) is 6.31. The highest BCUT2D eigenvalue weighted by Gasteiger charge is 2.30. The Kier molecular flexibility index (Phi) is 5.77. The largest absolute Gasteiger partial charge is 0.493 e. The molecule has 0 spiro atoms. The molecule has 118 valence electrons. The summed E-state index contributed by atoms with van der Waals surface area (Å²) in [7, 11) is 3.24. The van der Waals surface area contributed by atoms with Crippen molar-refractivity contribution in [1.82, 2.24) is 5.32 Å². The summed E-state index contributed by atoms with van der Waals surface area (Å²) in [5, 5.41) is 4.27. The molecule has 0 radical (unpaired) electrons. The maximum Gasteiger partial charge on any atom is 0.179 e. The standard InChI is InChI=1S/C17H26ClNO2/c1-5-13-6-7-15(11(13)2)19-10-12-8-14(18)17(21-4)16(9-12)20-3/h8-9,11,13,15,19H,5-7,10H2,1-4H3. The van der Waals surface area contributed by atoms with E-state index in [1.807, 2.05) is 12.1 Å². The lowest BCUT2D eigenvalue weighted by molar-refractivity contribution is 0.342. The number of halogens is 1. The first-order chi connectivity index (χ1) is 10.1. The second-order valence-electron chi connectivity index (χ2n) is 5.91. The average Bonchev–Trinajstić information content (AvgIpc) is 2.84. The van der Waals surface area contributed by atoms with E-state index in [4.69, 9.17) is 21.1 Å². The summed E-state index contributed by atoms with van der Waals surface area (Å²) in [4.78, 5) is 0. The molecule has 0 saturated heterocycles. The fraction of sp³-hybridized carbons (Fsp3) is 0.647. The van der Waals surface area contributed by atoms with Gasteiger partial charge in [-0.3, -0.25) is 0 Å². The molecule has 2 rings (SSSR count). The van der Waals surface area contributed by atoms with Crippen LogP contribution in [0.25, 0.3) is 0 Å². The Labute approximate surface area is 133 Å². The Bertz CT molecular complexity index is 478. The predicted octanol–water partition coefficient (Wildman–Crippen LogP) is 4.27. The van der Waals surface area contributed by atoms with Crippen LogP contribution in [0.4, 0.5) is 0 Å². The number of nitrogens with one attached hydrogen (secondary N) is 1. The Morgan fingerprint density at radius 3 is 2.57 bits per heavy atom. The van der Waals surface area contributed by atoms with Crippen LogP contribution in [0.2, 0.25) is 5.02 Å². The van der Waals surface area contributed by atoms with Crippen LogP contribution in [0.3, 0.4) is 0 Å². The second kappa shape index (κ2) is 7.37. The lowest BCUT2D eigenvalue weighted by atomic mass is 9.93. The Balaban J connectivity index is 2.02. The van der Waals surface area contributed by atoms with Crippen molar-refractivity contribution in [1.29, 1.82) is 0 Å². The van der Waals surface area contributed by atoms with Gasteiger partial charge >= 0.3 is 0 Å². The van der Waals surface area contributed by atoms with Crippen molar-refractivity contribution in [3.8, 4) is 11.5 Å². The molecule has 3 nitrogen and oxygen atoms in total. The summed E-state index contributed by atoms with van der Waals surface area (Å²) >= 11 is 6.25.